The van der Waals surface area contributed by atoms with Crippen LogP contribution in [0.15, 0.2) is 138 Å². The van der Waals surface area contributed by atoms with Gasteiger partial charge in [-0.2, -0.15) is 0 Å². The molecule has 0 spiro atoms. The second-order valence-electron chi connectivity index (χ2n) is 11.6. The number of ketones is 1. The number of nitrogens with zero attached hydrogens (tertiary/aromatic N) is 2. The molecule has 0 aliphatic carbocycles. The summed E-state index contributed by atoms with van der Waals surface area (Å²) in [5.41, 5.74) is 6.19. The van der Waals surface area contributed by atoms with E-state index in [1.165, 1.54) is 0 Å². The van der Waals surface area contributed by atoms with Crippen molar-refractivity contribution < 1.29 is 19.4 Å². The third-order valence-corrected chi connectivity index (χ3v) is 9.34. The third-order valence-electron chi connectivity index (χ3n) is 8.56. The van der Waals surface area contributed by atoms with E-state index >= 15 is 0 Å². The van der Waals surface area contributed by atoms with Crippen molar-refractivity contribution in [3.05, 3.63) is 160 Å². The summed E-state index contributed by atoms with van der Waals surface area (Å²) < 4.78 is 5.53. The normalized spacial score (nSPS) is 17.5. The summed E-state index contributed by atoms with van der Waals surface area (Å²) in [6.45, 7) is 3.97. The maximum absolute atomic E-state index is 13.1. The van der Waals surface area contributed by atoms with Crippen molar-refractivity contribution in [1.82, 2.24) is 20.4 Å². The number of carbonyl (C=O) groups is 2. The van der Waals surface area contributed by atoms with Crippen molar-refractivity contribution >= 4 is 46.4 Å². The molecular formula is C39H38N4O4S2. The summed E-state index contributed by atoms with van der Waals surface area (Å²) in [7, 11) is 3.68. The Hall–Kier alpha value is -5.32. The van der Waals surface area contributed by atoms with Crippen LogP contribution in [-0.2, 0) is 16.1 Å². The molecule has 49 heavy (non-hydrogen) atoms. The number of phenolic OH excluding ortho intramolecular Hbond substituents is 1. The van der Waals surface area contributed by atoms with Gasteiger partial charge in [0.15, 0.2) is 16.0 Å². The summed E-state index contributed by atoms with van der Waals surface area (Å²) in [4.78, 5) is 29.5. The minimum absolute atomic E-state index is 0.0267. The second kappa shape index (κ2) is 15.7. The highest BCUT2D eigenvalue weighted by atomic mass is 32.1. The molecular weight excluding hydrogens is 653 g/mol. The predicted molar refractivity (Wildman–Crippen MR) is 199 cm³/mol. The predicted octanol–water partition coefficient (Wildman–Crippen LogP) is 6.98. The van der Waals surface area contributed by atoms with E-state index in [1.807, 2.05) is 123 Å². The van der Waals surface area contributed by atoms with E-state index in [1.54, 1.807) is 30.1 Å². The molecule has 0 fully saturated rings. The highest BCUT2D eigenvalue weighted by molar-refractivity contribution is 7.80. The van der Waals surface area contributed by atoms with E-state index in [-0.39, 0.29) is 24.2 Å². The Morgan fingerprint density at radius 3 is 1.76 bits per heavy atom. The number of phenols is 1. The van der Waals surface area contributed by atoms with Gasteiger partial charge in [0.05, 0.1) is 17.7 Å². The van der Waals surface area contributed by atoms with E-state index in [0.717, 1.165) is 33.7 Å². The van der Waals surface area contributed by atoms with Gasteiger partial charge < -0.3 is 30.3 Å². The van der Waals surface area contributed by atoms with Gasteiger partial charge in [0.1, 0.15) is 12.4 Å². The van der Waals surface area contributed by atoms with Crippen LogP contribution >= 0.6 is 24.4 Å². The third kappa shape index (κ3) is 8.05. The first-order valence-electron chi connectivity index (χ1n) is 15.7. The molecule has 2 unspecified atom stereocenters. The van der Waals surface area contributed by atoms with E-state index in [9.17, 15) is 14.7 Å². The van der Waals surface area contributed by atoms with Gasteiger partial charge in [0.25, 0.3) is 0 Å². The summed E-state index contributed by atoms with van der Waals surface area (Å²) >= 11 is 10.8. The Labute approximate surface area is 297 Å². The van der Waals surface area contributed by atoms with Crippen molar-refractivity contribution in [2.45, 2.75) is 32.5 Å². The molecule has 0 saturated heterocycles. The Morgan fingerprint density at radius 2 is 1.18 bits per heavy atom. The second-order valence-corrected chi connectivity index (χ2v) is 12.4. The molecule has 2 aliphatic rings. The summed E-state index contributed by atoms with van der Waals surface area (Å²) in [6, 6.07) is 34.9. The number of carbonyl (C=O) groups excluding carboxylic acids is 2. The van der Waals surface area contributed by atoms with Crippen LogP contribution in [0.2, 0.25) is 0 Å². The number of nitrogens with one attached hydrogen (secondary N) is 2. The number of rotatable bonds is 7. The van der Waals surface area contributed by atoms with Gasteiger partial charge in [-0.1, -0.05) is 103 Å². The largest absolute Gasteiger partial charge is 0.508 e. The highest BCUT2D eigenvalue weighted by Gasteiger charge is 2.34. The zero-order valence-electron chi connectivity index (χ0n) is 27.7. The van der Waals surface area contributed by atoms with Gasteiger partial charge in [-0.15, -0.1) is 0 Å². The molecule has 2 heterocycles. The molecule has 3 N–H and O–H groups in total. The Morgan fingerprint density at radius 1 is 0.694 bits per heavy atom. The summed E-state index contributed by atoms with van der Waals surface area (Å²) in [6.07, 6.45) is 0. The molecule has 2 atom stereocenters. The fraction of sp³-hybridized carbons (Fsp3) is 0.179. The van der Waals surface area contributed by atoms with Crippen LogP contribution in [0.4, 0.5) is 0 Å². The minimum atomic E-state index is -0.478. The molecule has 8 nitrogen and oxygen atoms in total. The number of hydrogen-bond donors (Lipinski definition) is 3. The van der Waals surface area contributed by atoms with Crippen LogP contribution in [0.25, 0.3) is 0 Å². The molecule has 4 aromatic rings. The van der Waals surface area contributed by atoms with Crippen LogP contribution in [0, 0.1) is 0 Å². The van der Waals surface area contributed by atoms with Gasteiger partial charge >= 0.3 is 5.97 Å². The standard InChI is InChI=1S/C20H20N2O3S.C19H18N2OS/c1-13-17(19(24)25-12-14-7-4-3-5-8-14)18(21-20(26)22(13)2)15-9-6-10-16(23)11-15;1-13-16(18(22)15-11-7-4-8-12-15)17(20-19(23)21(13)2)14-9-5-3-6-10-14/h3-11,18,23H,12H2,1-2H3,(H,21,26);3-12,17H,1-2H3,(H,20,23). The van der Waals surface area contributed by atoms with Crippen molar-refractivity contribution in [2.75, 3.05) is 14.1 Å². The zero-order chi connectivity index (χ0) is 35.1. The van der Waals surface area contributed by atoms with Gasteiger partial charge in [-0.25, -0.2) is 4.79 Å². The number of Topliss-reactive ketones (excluding diaryl/α,β-unsaturated/α-hetero) is 1. The van der Waals surface area contributed by atoms with Crippen molar-refractivity contribution in [3.63, 3.8) is 0 Å². The number of ether oxygens (including phenoxy) is 1. The Balaban J connectivity index is 0.000000192. The van der Waals surface area contributed by atoms with Gasteiger partial charge in [-0.05, 0) is 67.1 Å². The lowest BCUT2D eigenvalue weighted by Crippen LogP contribution is -2.46. The zero-order valence-corrected chi connectivity index (χ0v) is 29.3. The minimum Gasteiger partial charge on any atom is -0.508 e. The monoisotopic (exact) mass is 690 g/mol. The molecule has 0 bridgehead atoms. The Kier molecular flexibility index (Phi) is 11.2. The molecule has 0 aromatic heterocycles. The number of allylic oxidation sites excluding steroid dienone is 2. The molecule has 0 radical (unpaired) electrons. The van der Waals surface area contributed by atoms with Crippen LogP contribution < -0.4 is 10.6 Å². The first-order valence-corrected chi connectivity index (χ1v) is 16.5. The summed E-state index contributed by atoms with van der Waals surface area (Å²) in [5.74, 6) is -0.260. The lowest BCUT2D eigenvalue weighted by Gasteiger charge is -2.35. The molecule has 0 saturated carbocycles. The Bertz CT molecular complexity index is 1910. The molecule has 4 aromatic carbocycles. The average molecular weight is 691 g/mol. The maximum Gasteiger partial charge on any atom is 0.338 e. The molecule has 6 rings (SSSR count). The fourth-order valence-electron chi connectivity index (χ4n) is 5.63. The number of benzene rings is 4. The molecule has 10 heteroatoms. The smallest absolute Gasteiger partial charge is 0.338 e. The summed E-state index contributed by atoms with van der Waals surface area (Å²) in [5, 5.41) is 17.4. The van der Waals surface area contributed by atoms with E-state index in [0.29, 0.717) is 21.4 Å². The van der Waals surface area contributed by atoms with Gasteiger partial charge in [0.2, 0.25) is 0 Å². The highest BCUT2D eigenvalue weighted by Crippen LogP contribution is 2.33. The average Bonchev–Trinajstić information content (AvgIpc) is 3.12. The SMILES string of the molecule is CC1=C(C(=O)OCc2ccccc2)C(c2cccc(O)c2)NC(=S)N1C.CC1=C(C(=O)c2ccccc2)C(c2ccccc2)NC(=S)N1C. The quantitative estimate of drug-likeness (QED) is 0.107. The number of hydrogen-bond acceptors (Lipinski definition) is 6. The first kappa shape index (κ1) is 35.0. The van der Waals surface area contributed by atoms with Crippen molar-refractivity contribution in [2.24, 2.45) is 0 Å². The van der Waals surface area contributed by atoms with E-state index < -0.39 is 12.0 Å². The van der Waals surface area contributed by atoms with Crippen LogP contribution in [0.5, 0.6) is 5.75 Å². The molecule has 2 aliphatic heterocycles. The topological polar surface area (TPSA) is 94.1 Å². The fourth-order valence-corrected chi connectivity index (χ4v) is 6.13. The van der Waals surface area contributed by atoms with Gasteiger partial charge in [0, 0.05) is 36.6 Å². The first-order chi connectivity index (χ1) is 23.6. The number of esters is 1. The van der Waals surface area contributed by atoms with Crippen LogP contribution in [-0.4, -0.2) is 51.0 Å². The van der Waals surface area contributed by atoms with Crippen molar-refractivity contribution in [1.29, 1.82) is 0 Å². The lowest BCUT2D eigenvalue weighted by atomic mass is 9.89. The number of thiocarbonyl (C=S) groups is 2. The van der Waals surface area contributed by atoms with Gasteiger partial charge in [-0.3, -0.25) is 4.79 Å². The lowest BCUT2D eigenvalue weighted by molar-refractivity contribution is -0.140. The molecule has 250 valence electrons. The maximum atomic E-state index is 13.1. The van der Waals surface area contributed by atoms with Crippen molar-refractivity contribution in [3.8, 4) is 5.75 Å². The number of aromatic hydroxyl groups is 1. The van der Waals surface area contributed by atoms with E-state index in [4.69, 9.17) is 29.2 Å². The molecule has 0 amide bonds. The van der Waals surface area contributed by atoms with E-state index in [2.05, 4.69) is 10.6 Å². The van der Waals surface area contributed by atoms with Crippen LogP contribution in [0.3, 0.4) is 0 Å². The van der Waals surface area contributed by atoms with Crippen LogP contribution in [0.1, 0.15) is 53.0 Å².